The highest BCUT2D eigenvalue weighted by Crippen LogP contribution is 2.40. The summed E-state index contributed by atoms with van der Waals surface area (Å²) < 4.78 is 26.7. The quantitative estimate of drug-likeness (QED) is 0.824. The zero-order valence-corrected chi connectivity index (χ0v) is 9.20. The first-order valence-corrected chi connectivity index (χ1v) is 5.39. The highest BCUT2D eigenvalue weighted by molar-refractivity contribution is 9.11. The SMILES string of the molecule is Oc1ccc2sc(Br)cc2c1C(F)F. The Labute approximate surface area is 91.1 Å². The lowest BCUT2D eigenvalue weighted by atomic mass is 10.1. The highest BCUT2D eigenvalue weighted by Gasteiger charge is 2.17. The second kappa shape index (κ2) is 3.47. The van der Waals surface area contributed by atoms with Gasteiger partial charge in [-0.15, -0.1) is 11.3 Å². The van der Waals surface area contributed by atoms with Gasteiger partial charge in [0.15, 0.2) is 0 Å². The van der Waals surface area contributed by atoms with E-state index in [1.165, 1.54) is 17.4 Å². The molecule has 0 radical (unpaired) electrons. The second-order valence-electron chi connectivity index (χ2n) is 2.76. The van der Waals surface area contributed by atoms with Gasteiger partial charge < -0.3 is 5.11 Å². The van der Waals surface area contributed by atoms with Crippen molar-refractivity contribution >= 4 is 37.4 Å². The Kier molecular flexibility index (Phi) is 2.45. The van der Waals surface area contributed by atoms with Gasteiger partial charge in [-0.25, -0.2) is 8.78 Å². The van der Waals surface area contributed by atoms with E-state index in [2.05, 4.69) is 15.9 Å². The smallest absolute Gasteiger partial charge is 0.268 e. The molecule has 0 aliphatic carbocycles. The van der Waals surface area contributed by atoms with E-state index in [-0.39, 0.29) is 11.3 Å². The molecule has 14 heavy (non-hydrogen) atoms. The number of alkyl halides is 2. The predicted molar refractivity (Wildman–Crippen MR) is 56.1 cm³/mol. The monoisotopic (exact) mass is 278 g/mol. The summed E-state index contributed by atoms with van der Waals surface area (Å²) in [6.07, 6.45) is -2.65. The molecular weight excluding hydrogens is 274 g/mol. The van der Waals surface area contributed by atoms with Gasteiger partial charge in [-0.05, 0) is 34.1 Å². The molecular formula is C9H5BrF2OS. The molecule has 0 spiro atoms. The summed E-state index contributed by atoms with van der Waals surface area (Å²) in [5.74, 6) is -0.349. The maximum Gasteiger partial charge on any atom is 0.268 e. The van der Waals surface area contributed by atoms with Crippen LogP contribution in [0, 0.1) is 0 Å². The number of phenols is 1. The largest absolute Gasteiger partial charge is 0.507 e. The summed E-state index contributed by atoms with van der Waals surface area (Å²) in [5, 5.41) is 9.71. The van der Waals surface area contributed by atoms with Gasteiger partial charge >= 0.3 is 0 Å². The van der Waals surface area contributed by atoms with Crippen molar-refractivity contribution in [2.24, 2.45) is 0 Å². The number of aromatic hydroxyl groups is 1. The Balaban J connectivity index is 2.82. The summed E-state index contributed by atoms with van der Waals surface area (Å²) in [6.45, 7) is 0. The van der Waals surface area contributed by atoms with Crippen molar-refractivity contribution in [3.63, 3.8) is 0 Å². The van der Waals surface area contributed by atoms with Gasteiger partial charge in [-0.3, -0.25) is 0 Å². The summed E-state index contributed by atoms with van der Waals surface area (Å²) in [4.78, 5) is 0. The van der Waals surface area contributed by atoms with Crippen LogP contribution in [0.3, 0.4) is 0 Å². The van der Waals surface area contributed by atoms with Crippen molar-refractivity contribution in [2.45, 2.75) is 6.43 Å². The topological polar surface area (TPSA) is 20.2 Å². The third kappa shape index (κ3) is 1.50. The fourth-order valence-corrected chi connectivity index (χ4v) is 2.87. The van der Waals surface area contributed by atoms with E-state index in [0.29, 0.717) is 5.39 Å². The molecule has 0 saturated heterocycles. The molecule has 0 aliphatic heterocycles. The van der Waals surface area contributed by atoms with Gasteiger partial charge in [0.1, 0.15) is 5.75 Å². The standard InChI is InChI=1S/C9H5BrF2OS/c10-7-3-4-6(14-7)2-1-5(13)8(4)9(11)12/h1-3,9,13H. The number of rotatable bonds is 1. The number of phenolic OH excluding ortho intramolecular Hbond substituents is 1. The van der Waals surface area contributed by atoms with Crippen LogP contribution >= 0.6 is 27.3 Å². The second-order valence-corrected chi connectivity index (χ2v) is 5.22. The lowest BCUT2D eigenvalue weighted by Crippen LogP contribution is -1.85. The minimum atomic E-state index is -2.65. The maximum atomic E-state index is 12.6. The zero-order valence-electron chi connectivity index (χ0n) is 6.80. The lowest BCUT2D eigenvalue weighted by Gasteiger charge is -2.03. The Morgan fingerprint density at radius 1 is 1.36 bits per heavy atom. The molecule has 0 fully saturated rings. The average Bonchev–Trinajstić information content (AvgIpc) is 2.43. The van der Waals surface area contributed by atoms with Crippen LogP contribution in [-0.4, -0.2) is 5.11 Å². The van der Waals surface area contributed by atoms with Crippen molar-refractivity contribution < 1.29 is 13.9 Å². The fourth-order valence-electron chi connectivity index (χ4n) is 1.32. The third-order valence-electron chi connectivity index (χ3n) is 1.91. The first kappa shape index (κ1) is 9.86. The highest BCUT2D eigenvalue weighted by atomic mass is 79.9. The molecule has 0 aliphatic rings. The van der Waals surface area contributed by atoms with E-state index < -0.39 is 6.43 Å². The van der Waals surface area contributed by atoms with Crippen LogP contribution in [0.15, 0.2) is 22.0 Å². The molecule has 2 aromatic rings. The van der Waals surface area contributed by atoms with E-state index >= 15 is 0 Å². The van der Waals surface area contributed by atoms with Crippen LogP contribution < -0.4 is 0 Å². The number of thiophene rings is 1. The lowest BCUT2D eigenvalue weighted by molar-refractivity contribution is 0.149. The number of halogens is 3. The van der Waals surface area contributed by atoms with Crippen molar-refractivity contribution in [1.29, 1.82) is 0 Å². The minimum Gasteiger partial charge on any atom is -0.507 e. The van der Waals surface area contributed by atoms with Crippen molar-refractivity contribution in [2.75, 3.05) is 0 Å². The summed E-state index contributed by atoms with van der Waals surface area (Å²) in [7, 11) is 0. The minimum absolute atomic E-state index is 0.288. The Morgan fingerprint density at radius 2 is 2.07 bits per heavy atom. The van der Waals surface area contributed by atoms with Crippen LogP contribution in [0.4, 0.5) is 8.78 Å². The van der Waals surface area contributed by atoms with E-state index in [1.807, 2.05) is 0 Å². The normalized spacial score (nSPS) is 11.4. The molecule has 1 heterocycles. The first-order chi connectivity index (χ1) is 6.59. The van der Waals surface area contributed by atoms with Crippen LogP contribution in [0.5, 0.6) is 5.75 Å². The number of hydrogen-bond acceptors (Lipinski definition) is 2. The molecule has 1 aromatic carbocycles. The van der Waals surface area contributed by atoms with E-state index in [1.54, 1.807) is 12.1 Å². The molecule has 1 N–H and O–H groups in total. The molecule has 0 bridgehead atoms. The Hall–Kier alpha value is -0.680. The van der Waals surface area contributed by atoms with Gasteiger partial charge in [0.25, 0.3) is 6.43 Å². The fraction of sp³-hybridized carbons (Fsp3) is 0.111. The molecule has 0 unspecified atom stereocenters. The summed E-state index contributed by atoms with van der Waals surface area (Å²) in [5.41, 5.74) is -0.288. The Morgan fingerprint density at radius 3 is 2.71 bits per heavy atom. The van der Waals surface area contributed by atoms with Gasteiger partial charge in [0, 0.05) is 10.1 Å². The van der Waals surface area contributed by atoms with Gasteiger partial charge in [-0.1, -0.05) is 0 Å². The molecule has 1 nitrogen and oxygen atoms in total. The summed E-state index contributed by atoms with van der Waals surface area (Å²) >= 11 is 4.59. The number of fused-ring (bicyclic) bond motifs is 1. The number of hydrogen-bond donors (Lipinski definition) is 1. The molecule has 1 aromatic heterocycles. The first-order valence-electron chi connectivity index (χ1n) is 3.78. The summed E-state index contributed by atoms with van der Waals surface area (Å²) in [6, 6.07) is 4.53. The predicted octanol–water partition coefficient (Wildman–Crippen LogP) is 4.31. The average molecular weight is 279 g/mol. The van der Waals surface area contributed by atoms with Crippen molar-refractivity contribution in [3.8, 4) is 5.75 Å². The van der Waals surface area contributed by atoms with Crippen LogP contribution in [0.1, 0.15) is 12.0 Å². The molecule has 74 valence electrons. The van der Waals surface area contributed by atoms with Crippen molar-refractivity contribution in [3.05, 3.63) is 27.5 Å². The maximum absolute atomic E-state index is 12.6. The third-order valence-corrected chi connectivity index (χ3v) is 3.51. The van der Waals surface area contributed by atoms with E-state index in [9.17, 15) is 13.9 Å². The van der Waals surface area contributed by atoms with E-state index in [0.717, 1.165) is 8.49 Å². The molecule has 0 amide bonds. The zero-order chi connectivity index (χ0) is 10.3. The van der Waals surface area contributed by atoms with Crippen LogP contribution in [0.25, 0.3) is 10.1 Å². The Bertz CT molecular complexity index is 481. The van der Waals surface area contributed by atoms with Gasteiger partial charge in [-0.2, -0.15) is 0 Å². The van der Waals surface area contributed by atoms with Gasteiger partial charge in [0.2, 0.25) is 0 Å². The number of benzene rings is 1. The molecule has 5 heteroatoms. The van der Waals surface area contributed by atoms with Crippen molar-refractivity contribution in [1.82, 2.24) is 0 Å². The van der Waals surface area contributed by atoms with Crippen LogP contribution in [0.2, 0.25) is 0 Å². The molecule has 0 atom stereocenters. The van der Waals surface area contributed by atoms with E-state index in [4.69, 9.17) is 0 Å². The molecule has 2 rings (SSSR count). The molecule has 0 saturated carbocycles. The van der Waals surface area contributed by atoms with Crippen LogP contribution in [-0.2, 0) is 0 Å². The van der Waals surface area contributed by atoms with Gasteiger partial charge in [0.05, 0.1) is 9.35 Å².